The van der Waals surface area contributed by atoms with Gasteiger partial charge < -0.3 is 10.3 Å². The Morgan fingerprint density at radius 2 is 1.90 bits per heavy atom. The van der Waals surface area contributed by atoms with Crippen LogP contribution in [0.4, 0.5) is 5.69 Å². The maximum absolute atomic E-state index is 12.8. The molecule has 0 saturated carbocycles. The van der Waals surface area contributed by atoms with Gasteiger partial charge in [0.05, 0.1) is 0 Å². The van der Waals surface area contributed by atoms with Crippen molar-refractivity contribution in [2.45, 2.75) is 6.92 Å². The summed E-state index contributed by atoms with van der Waals surface area (Å²) in [6.07, 6.45) is 1.84. The maximum atomic E-state index is 12.8. The van der Waals surface area contributed by atoms with Crippen LogP contribution in [0.5, 0.6) is 0 Å². The van der Waals surface area contributed by atoms with Gasteiger partial charge in [0.1, 0.15) is 0 Å². The summed E-state index contributed by atoms with van der Waals surface area (Å²) in [4.78, 5) is 12.8. The molecule has 0 saturated heterocycles. The molecule has 0 aliphatic carbocycles. The molecule has 0 fully saturated rings. The Morgan fingerprint density at radius 1 is 1.14 bits per heavy atom. The van der Waals surface area contributed by atoms with Gasteiger partial charge in [0.2, 0.25) is 0 Å². The predicted molar refractivity (Wildman–Crippen MR) is 87.0 cm³/mol. The molecule has 21 heavy (non-hydrogen) atoms. The third-order valence-corrected chi connectivity index (χ3v) is 3.89. The highest BCUT2D eigenvalue weighted by Gasteiger charge is 2.18. The monoisotopic (exact) mass is 298 g/mol. The number of hydrogen-bond donors (Lipinski definition) is 1. The van der Waals surface area contributed by atoms with E-state index in [4.69, 9.17) is 17.3 Å². The molecule has 0 radical (unpaired) electrons. The molecular formula is C17H15ClN2O. The minimum absolute atomic E-state index is 0.107. The van der Waals surface area contributed by atoms with Gasteiger partial charge in [0.25, 0.3) is 0 Å². The van der Waals surface area contributed by atoms with E-state index in [0.29, 0.717) is 21.8 Å². The van der Waals surface area contributed by atoms with Crippen molar-refractivity contribution < 1.29 is 4.79 Å². The summed E-state index contributed by atoms with van der Waals surface area (Å²) in [5.74, 6) is -0.107. The second-order valence-corrected chi connectivity index (χ2v) is 5.67. The Morgan fingerprint density at radius 3 is 2.67 bits per heavy atom. The lowest BCUT2D eigenvalue weighted by atomic mass is 10.0. The molecule has 106 valence electrons. The van der Waals surface area contributed by atoms with Crippen LogP contribution in [-0.2, 0) is 7.05 Å². The average Bonchev–Trinajstić information content (AvgIpc) is 2.78. The smallest absolute Gasteiger partial charge is 0.197 e. The van der Waals surface area contributed by atoms with Gasteiger partial charge in [0.15, 0.2) is 5.78 Å². The molecule has 4 heteroatoms. The van der Waals surface area contributed by atoms with Crippen LogP contribution in [0.1, 0.15) is 21.5 Å². The van der Waals surface area contributed by atoms with E-state index in [1.54, 1.807) is 18.2 Å². The first kappa shape index (κ1) is 13.7. The maximum Gasteiger partial charge on any atom is 0.197 e. The minimum atomic E-state index is -0.107. The van der Waals surface area contributed by atoms with Crippen molar-refractivity contribution in [2.24, 2.45) is 7.05 Å². The van der Waals surface area contributed by atoms with Gasteiger partial charge >= 0.3 is 0 Å². The van der Waals surface area contributed by atoms with Crippen LogP contribution in [0.3, 0.4) is 0 Å². The number of carbonyl (C=O) groups excluding carboxylic acids is 1. The first-order chi connectivity index (χ1) is 9.97. The number of carbonyl (C=O) groups is 1. The number of nitrogen functional groups attached to an aromatic ring is 1. The standard InChI is InChI=1S/C17H15ClN2O/c1-10-3-5-12-14(9-20(2)16(12)7-10)17(21)13-8-11(18)4-6-15(13)19/h3-9H,19H2,1-2H3. The summed E-state index contributed by atoms with van der Waals surface area (Å²) >= 11 is 5.98. The van der Waals surface area contributed by atoms with Gasteiger partial charge in [-0.25, -0.2) is 0 Å². The van der Waals surface area contributed by atoms with E-state index in [9.17, 15) is 4.79 Å². The largest absolute Gasteiger partial charge is 0.398 e. The van der Waals surface area contributed by atoms with Gasteiger partial charge in [-0.1, -0.05) is 23.7 Å². The van der Waals surface area contributed by atoms with Crippen LogP contribution < -0.4 is 5.73 Å². The fraction of sp³-hybridized carbons (Fsp3) is 0.118. The van der Waals surface area contributed by atoms with E-state index in [2.05, 4.69) is 6.07 Å². The molecule has 1 heterocycles. The summed E-state index contributed by atoms with van der Waals surface area (Å²) in [7, 11) is 1.93. The lowest BCUT2D eigenvalue weighted by Gasteiger charge is -2.04. The first-order valence-corrected chi connectivity index (χ1v) is 7.00. The number of nitrogens with two attached hydrogens (primary N) is 1. The zero-order valence-electron chi connectivity index (χ0n) is 11.9. The van der Waals surface area contributed by atoms with Crippen molar-refractivity contribution in [2.75, 3.05) is 5.73 Å². The molecular weight excluding hydrogens is 284 g/mol. The summed E-state index contributed by atoms with van der Waals surface area (Å²) in [6.45, 7) is 2.03. The molecule has 1 aromatic heterocycles. The number of halogens is 1. The molecule has 3 rings (SSSR count). The van der Waals surface area contributed by atoms with Crippen LogP contribution in [-0.4, -0.2) is 10.4 Å². The number of fused-ring (bicyclic) bond motifs is 1. The summed E-state index contributed by atoms with van der Waals surface area (Å²) < 4.78 is 1.95. The number of anilines is 1. The van der Waals surface area contributed by atoms with Crippen LogP contribution in [0, 0.1) is 6.92 Å². The highest BCUT2D eigenvalue weighted by molar-refractivity contribution is 6.31. The second kappa shape index (κ2) is 4.93. The molecule has 0 aliphatic rings. The Balaban J connectivity index is 2.21. The van der Waals surface area contributed by atoms with Crippen LogP contribution in [0.2, 0.25) is 5.02 Å². The Bertz CT molecular complexity index is 865. The lowest BCUT2D eigenvalue weighted by molar-refractivity contribution is 0.104. The van der Waals surface area contributed by atoms with E-state index in [1.165, 1.54) is 0 Å². The van der Waals surface area contributed by atoms with Gasteiger partial charge in [-0.2, -0.15) is 0 Å². The SMILES string of the molecule is Cc1ccc2c(C(=O)c3cc(Cl)ccc3N)cn(C)c2c1. The molecule has 2 N–H and O–H groups in total. The Hall–Kier alpha value is -2.26. The third kappa shape index (κ3) is 2.30. The Labute approximate surface area is 127 Å². The number of benzene rings is 2. The average molecular weight is 299 g/mol. The van der Waals surface area contributed by atoms with Crippen molar-refractivity contribution in [3.05, 3.63) is 64.3 Å². The molecule has 0 aliphatic heterocycles. The molecule has 3 nitrogen and oxygen atoms in total. The van der Waals surface area contributed by atoms with Crippen molar-refractivity contribution in [1.29, 1.82) is 0 Å². The Kier molecular flexibility index (Phi) is 3.22. The van der Waals surface area contributed by atoms with Gasteiger partial charge in [-0.3, -0.25) is 4.79 Å². The van der Waals surface area contributed by atoms with E-state index in [-0.39, 0.29) is 5.78 Å². The van der Waals surface area contributed by atoms with Crippen LogP contribution >= 0.6 is 11.6 Å². The molecule has 2 aromatic carbocycles. The normalized spacial score (nSPS) is 11.0. The summed E-state index contributed by atoms with van der Waals surface area (Å²) in [5, 5.41) is 1.43. The van der Waals surface area contributed by atoms with Crippen molar-refractivity contribution >= 4 is 34.0 Å². The molecule has 0 spiro atoms. The zero-order valence-corrected chi connectivity index (χ0v) is 12.6. The number of rotatable bonds is 2. The van der Waals surface area contributed by atoms with Gasteiger partial charge in [-0.15, -0.1) is 0 Å². The van der Waals surface area contributed by atoms with Gasteiger partial charge in [-0.05, 0) is 36.8 Å². The molecule has 0 unspecified atom stereocenters. The molecule has 0 amide bonds. The zero-order chi connectivity index (χ0) is 15.1. The van der Waals surface area contributed by atoms with E-state index in [0.717, 1.165) is 16.5 Å². The van der Waals surface area contributed by atoms with E-state index in [1.807, 2.05) is 36.9 Å². The molecule has 0 bridgehead atoms. The van der Waals surface area contributed by atoms with Gasteiger partial charge in [0, 0.05) is 46.0 Å². The highest BCUT2D eigenvalue weighted by Crippen LogP contribution is 2.27. The fourth-order valence-corrected chi connectivity index (χ4v) is 2.72. The number of aryl methyl sites for hydroxylation is 2. The van der Waals surface area contributed by atoms with Crippen LogP contribution in [0.15, 0.2) is 42.6 Å². The first-order valence-electron chi connectivity index (χ1n) is 6.63. The predicted octanol–water partition coefficient (Wildman–Crippen LogP) is 3.95. The van der Waals surface area contributed by atoms with Crippen molar-refractivity contribution in [1.82, 2.24) is 4.57 Å². The number of ketones is 1. The third-order valence-electron chi connectivity index (χ3n) is 3.65. The van der Waals surface area contributed by atoms with Crippen LogP contribution in [0.25, 0.3) is 10.9 Å². The summed E-state index contributed by atoms with van der Waals surface area (Å²) in [5.41, 5.74) is 9.62. The number of hydrogen-bond acceptors (Lipinski definition) is 2. The van der Waals surface area contributed by atoms with E-state index < -0.39 is 0 Å². The molecule has 3 aromatic rings. The topological polar surface area (TPSA) is 48.0 Å². The second-order valence-electron chi connectivity index (χ2n) is 5.23. The number of nitrogens with zero attached hydrogens (tertiary/aromatic N) is 1. The minimum Gasteiger partial charge on any atom is -0.398 e. The van der Waals surface area contributed by atoms with E-state index >= 15 is 0 Å². The van der Waals surface area contributed by atoms with Crippen molar-refractivity contribution in [3.8, 4) is 0 Å². The summed E-state index contributed by atoms with van der Waals surface area (Å²) in [6, 6.07) is 11.0. The molecule has 0 atom stereocenters. The number of aromatic nitrogens is 1. The highest BCUT2D eigenvalue weighted by atomic mass is 35.5. The van der Waals surface area contributed by atoms with Crippen molar-refractivity contribution in [3.63, 3.8) is 0 Å². The lowest BCUT2D eigenvalue weighted by Crippen LogP contribution is -2.05. The quantitative estimate of drug-likeness (QED) is 0.575. The fourth-order valence-electron chi connectivity index (χ4n) is 2.55.